The summed E-state index contributed by atoms with van der Waals surface area (Å²) < 4.78 is 11.5. The van der Waals surface area contributed by atoms with Gasteiger partial charge >= 0.3 is 0 Å². The first-order valence-electron chi connectivity index (χ1n) is 7.51. The van der Waals surface area contributed by atoms with E-state index in [1.807, 2.05) is 12.1 Å². The van der Waals surface area contributed by atoms with Gasteiger partial charge < -0.3 is 14.8 Å². The minimum absolute atomic E-state index is 0.0700. The van der Waals surface area contributed by atoms with Crippen LogP contribution in [0, 0.1) is 0 Å². The van der Waals surface area contributed by atoms with Gasteiger partial charge in [0.2, 0.25) is 0 Å². The highest BCUT2D eigenvalue weighted by molar-refractivity contribution is 6.35. The molecule has 3 unspecified atom stereocenters. The van der Waals surface area contributed by atoms with Gasteiger partial charge in [0.1, 0.15) is 0 Å². The number of hydrogen-bond acceptors (Lipinski definition) is 3. The molecule has 0 aromatic heterocycles. The molecule has 2 heterocycles. The number of ether oxygens (including phenoxy) is 2. The highest BCUT2D eigenvalue weighted by Gasteiger charge is 2.41. The van der Waals surface area contributed by atoms with E-state index in [1.54, 1.807) is 6.07 Å². The first-order valence-corrected chi connectivity index (χ1v) is 8.26. The molecule has 2 fully saturated rings. The van der Waals surface area contributed by atoms with Crippen LogP contribution < -0.4 is 5.32 Å². The van der Waals surface area contributed by atoms with Crippen LogP contribution in [-0.2, 0) is 9.47 Å². The molecule has 1 aromatic carbocycles. The van der Waals surface area contributed by atoms with E-state index in [2.05, 4.69) is 12.2 Å². The summed E-state index contributed by atoms with van der Waals surface area (Å²) >= 11 is 12.3. The molecule has 1 N–H and O–H groups in total. The van der Waals surface area contributed by atoms with Gasteiger partial charge in [0, 0.05) is 41.8 Å². The predicted octanol–water partition coefficient (Wildman–Crippen LogP) is 3.98. The monoisotopic (exact) mass is 329 g/mol. The van der Waals surface area contributed by atoms with Crippen molar-refractivity contribution in [2.75, 3.05) is 19.8 Å². The van der Waals surface area contributed by atoms with Gasteiger partial charge in [-0.05, 0) is 37.5 Å². The molecule has 0 radical (unpaired) electrons. The second-order valence-corrected chi connectivity index (χ2v) is 6.92. The molecule has 1 aromatic rings. The molecular weight excluding hydrogens is 309 g/mol. The Kier molecular flexibility index (Phi) is 4.77. The van der Waals surface area contributed by atoms with Crippen LogP contribution in [0.25, 0.3) is 0 Å². The minimum atomic E-state index is -0.0700. The van der Waals surface area contributed by atoms with E-state index in [1.165, 1.54) is 0 Å². The molecule has 2 aliphatic rings. The van der Waals surface area contributed by atoms with Gasteiger partial charge in [-0.3, -0.25) is 0 Å². The van der Waals surface area contributed by atoms with Crippen LogP contribution in [0.5, 0.6) is 0 Å². The summed E-state index contributed by atoms with van der Waals surface area (Å²) in [6.07, 6.45) is 3.03. The van der Waals surface area contributed by atoms with E-state index in [4.69, 9.17) is 32.7 Å². The van der Waals surface area contributed by atoms with Gasteiger partial charge in [-0.25, -0.2) is 0 Å². The molecule has 21 heavy (non-hydrogen) atoms. The van der Waals surface area contributed by atoms with Crippen molar-refractivity contribution in [1.82, 2.24) is 5.32 Å². The summed E-state index contributed by atoms with van der Waals surface area (Å²) in [7, 11) is 0. The third-order valence-corrected chi connectivity index (χ3v) is 5.04. The summed E-state index contributed by atoms with van der Waals surface area (Å²) in [5.41, 5.74) is 1.02. The second kappa shape index (κ2) is 6.43. The minimum Gasteiger partial charge on any atom is -0.378 e. The maximum Gasteiger partial charge on any atom is 0.0951 e. The number of nitrogens with one attached hydrogen (secondary N) is 1. The third-order valence-electron chi connectivity index (χ3n) is 4.47. The van der Waals surface area contributed by atoms with Gasteiger partial charge in [0.25, 0.3) is 0 Å². The normalized spacial score (nSPS) is 30.7. The molecule has 1 spiro atoms. The fourth-order valence-corrected chi connectivity index (χ4v) is 3.90. The summed E-state index contributed by atoms with van der Waals surface area (Å²) in [6, 6.07) is 6.31. The fraction of sp³-hybridized carbons (Fsp3) is 0.625. The summed E-state index contributed by atoms with van der Waals surface area (Å²) in [5, 5.41) is 5.07. The van der Waals surface area contributed by atoms with Gasteiger partial charge in [-0.15, -0.1) is 0 Å². The Morgan fingerprint density at radius 1 is 1.33 bits per heavy atom. The van der Waals surface area contributed by atoms with E-state index in [9.17, 15) is 0 Å². The highest BCUT2D eigenvalue weighted by atomic mass is 35.5. The smallest absolute Gasteiger partial charge is 0.0951 e. The van der Waals surface area contributed by atoms with Crippen molar-refractivity contribution in [1.29, 1.82) is 0 Å². The van der Waals surface area contributed by atoms with E-state index < -0.39 is 0 Å². The fourth-order valence-electron chi connectivity index (χ4n) is 3.33. The average Bonchev–Trinajstić information content (AvgIpc) is 2.86. The van der Waals surface area contributed by atoms with E-state index in [0.717, 1.165) is 44.6 Å². The zero-order valence-corrected chi connectivity index (χ0v) is 13.7. The molecule has 116 valence electrons. The van der Waals surface area contributed by atoms with Crippen LogP contribution in [0.2, 0.25) is 10.0 Å². The molecule has 2 saturated heterocycles. The van der Waals surface area contributed by atoms with Crippen molar-refractivity contribution in [3.8, 4) is 0 Å². The first-order chi connectivity index (χ1) is 10.1. The van der Waals surface area contributed by atoms with Crippen molar-refractivity contribution in [2.24, 2.45) is 0 Å². The van der Waals surface area contributed by atoms with Crippen molar-refractivity contribution < 1.29 is 9.47 Å². The van der Waals surface area contributed by atoms with Crippen LogP contribution in [0.4, 0.5) is 0 Å². The highest BCUT2D eigenvalue weighted by Crippen LogP contribution is 2.34. The molecule has 2 aliphatic heterocycles. The van der Waals surface area contributed by atoms with E-state index in [0.29, 0.717) is 16.1 Å². The Labute approximate surface area is 135 Å². The van der Waals surface area contributed by atoms with Gasteiger partial charge in [-0.2, -0.15) is 0 Å². The molecule has 0 aliphatic carbocycles. The largest absolute Gasteiger partial charge is 0.378 e. The Morgan fingerprint density at radius 2 is 2.19 bits per heavy atom. The molecule has 3 rings (SSSR count). The lowest BCUT2D eigenvalue weighted by atomic mass is 9.89. The maximum atomic E-state index is 6.29. The number of halogens is 2. The summed E-state index contributed by atoms with van der Waals surface area (Å²) in [6.45, 7) is 4.47. The molecular formula is C16H21Cl2NO2. The Morgan fingerprint density at radius 3 is 2.90 bits per heavy atom. The molecule has 5 heteroatoms. The summed E-state index contributed by atoms with van der Waals surface area (Å²) in [4.78, 5) is 0. The molecule has 0 saturated carbocycles. The lowest BCUT2D eigenvalue weighted by Gasteiger charge is -2.38. The van der Waals surface area contributed by atoms with Crippen LogP contribution in [0.1, 0.15) is 37.8 Å². The standard InChI is InChI=1S/C16H21Cl2NO2/c1-11(14-3-2-12(17)8-15(14)18)19-13-4-6-21-16(9-13)5-7-20-10-16/h2-3,8,11,13,19H,4-7,9-10H2,1H3. The van der Waals surface area contributed by atoms with Crippen molar-refractivity contribution in [3.63, 3.8) is 0 Å². The Hall–Kier alpha value is -0.320. The molecule has 0 bridgehead atoms. The Balaban J connectivity index is 1.65. The molecule has 0 amide bonds. The maximum absolute atomic E-state index is 6.29. The molecule has 3 atom stereocenters. The zero-order valence-electron chi connectivity index (χ0n) is 12.2. The van der Waals surface area contributed by atoms with Crippen LogP contribution in [0.15, 0.2) is 18.2 Å². The second-order valence-electron chi connectivity index (χ2n) is 6.08. The van der Waals surface area contributed by atoms with E-state index in [-0.39, 0.29) is 11.6 Å². The van der Waals surface area contributed by atoms with Crippen LogP contribution in [0.3, 0.4) is 0 Å². The van der Waals surface area contributed by atoms with Crippen LogP contribution >= 0.6 is 23.2 Å². The van der Waals surface area contributed by atoms with Gasteiger partial charge in [-0.1, -0.05) is 29.3 Å². The SMILES string of the molecule is CC(NC1CCOC2(CCOC2)C1)c1ccc(Cl)cc1Cl. The topological polar surface area (TPSA) is 30.5 Å². The number of hydrogen-bond donors (Lipinski definition) is 1. The van der Waals surface area contributed by atoms with Gasteiger partial charge in [0.05, 0.1) is 12.2 Å². The summed E-state index contributed by atoms with van der Waals surface area (Å²) in [5.74, 6) is 0. The zero-order chi connectivity index (χ0) is 14.9. The number of rotatable bonds is 3. The van der Waals surface area contributed by atoms with E-state index >= 15 is 0 Å². The lowest BCUT2D eigenvalue weighted by molar-refractivity contribution is -0.0902. The number of benzene rings is 1. The lowest BCUT2D eigenvalue weighted by Crippen LogP contribution is -2.48. The predicted molar refractivity (Wildman–Crippen MR) is 85.2 cm³/mol. The van der Waals surface area contributed by atoms with Gasteiger partial charge in [0.15, 0.2) is 0 Å². The molecule has 3 nitrogen and oxygen atoms in total. The van der Waals surface area contributed by atoms with Crippen molar-refractivity contribution in [2.45, 2.75) is 43.9 Å². The quantitative estimate of drug-likeness (QED) is 0.909. The van der Waals surface area contributed by atoms with Crippen molar-refractivity contribution in [3.05, 3.63) is 33.8 Å². The average molecular weight is 330 g/mol. The first kappa shape index (κ1) is 15.6. The third kappa shape index (κ3) is 3.54. The Bertz CT molecular complexity index is 503. The van der Waals surface area contributed by atoms with Crippen LogP contribution in [-0.4, -0.2) is 31.5 Å². The van der Waals surface area contributed by atoms with Crippen molar-refractivity contribution >= 4 is 23.2 Å².